The number of hydrogen-bond acceptors (Lipinski definition) is 6. The molecule has 0 radical (unpaired) electrons. The van der Waals surface area contributed by atoms with Gasteiger partial charge in [-0.15, -0.1) is 0 Å². The van der Waals surface area contributed by atoms with E-state index < -0.39 is 5.92 Å². The summed E-state index contributed by atoms with van der Waals surface area (Å²) >= 11 is 0. The Morgan fingerprint density at radius 1 is 0.758 bits per heavy atom. The van der Waals surface area contributed by atoms with Crippen LogP contribution in [0.4, 0.5) is 0 Å². The van der Waals surface area contributed by atoms with E-state index in [2.05, 4.69) is 30.7 Å². The number of hydrogen-bond donors (Lipinski definition) is 0. The number of esters is 3. The molecule has 0 fully saturated rings. The maximum Gasteiger partial charge on any atom is 0.310 e. The Kier molecular flexibility index (Phi) is 20.7. The second-order valence-corrected chi connectivity index (χ2v) is 8.64. The van der Waals surface area contributed by atoms with Gasteiger partial charge in [0.05, 0.1) is 32.7 Å². The smallest absolute Gasteiger partial charge is 0.310 e. The molecule has 192 valence electrons. The molecule has 0 rings (SSSR count). The average molecular weight is 469 g/mol. The lowest BCUT2D eigenvalue weighted by Gasteiger charge is -2.22. The Bertz CT molecular complexity index is 543. The summed E-state index contributed by atoms with van der Waals surface area (Å²) in [6.07, 6.45) is 16.2. The normalized spacial score (nSPS) is 13.0. The number of allylic oxidation sites excluding steroid dienone is 2. The first-order chi connectivity index (χ1) is 16.0. The molecule has 33 heavy (non-hydrogen) atoms. The third-order valence-electron chi connectivity index (χ3n) is 5.79. The largest absolute Gasteiger partial charge is 0.469 e. The number of ether oxygens (including phenoxy) is 3. The van der Waals surface area contributed by atoms with Crippen LogP contribution in [0.5, 0.6) is 0 Å². The minimum absolute atomic E-state index is 0.0498. The third kappa shape index (κ3) is 17.3. The molecule has 0 aliphatic rings. The summed E-state index contributed by atoms with van der Waals surface area (Å²) < 4.78 is 15.5. The Morgan fingerprint density at radius 3 is 2.00 bits per heavy atom. The molecule has 0 amide bonds. The minimum Gasteiger partial charge on any atom is -0.469 e. The van der Waals surface area contributed by atoms with Crippen molar-refractivity contribution in [2.75, 3.05) is 20.3 Å². The molecule has 0 heterocycles. The summed E-state index contributed by atoms with van der Waals surface area (Å²) in [7, 11) is 1.41. The van der Waals surface area contributed by atoms with Crippen molar-refractivity contribution in [3.05, 3.63) is 12.2 Å². The standard InChI is InChI=1S/C27H48O6/c1-5-8-16-20-32-26(29)22-24(27(30)33-21-17-9-6-2)23(7-3)18-14-12-10-11-13-15-19-25(28)31-4/h14,18,23-24H,5-13,15-17,19-22H2,1-4H3. The molecular formula is C27H48O6. The van der Waals surface area contributed by atoms with Gasteiger partial charge in [-0.05, 0) is 44.4 Å². The molecule has 0 aliphatic heterocycles. The fraction of sp³-hybridized carbons (Fsp3) is 0.815. The van der Waals surface area contributed by atoms with Gasteiger partial charge in [-0.1, -0.05) is 71.4 Å². The van der Waals surface area contributed by atoms with Crippen LogP contribution < -0.4 is 0 Å². The van der Waals surface area contributed by atoms with Crippen molar-refractivity contribution in [1.82, 2.24) is 0 Å². The van der Waals surface area contributed by atoms with Crippen molar-refractivity contribution < 1.29 is 28.6 Å². The lowest BCUT2D eigenvalue weighted by molar-refractivity contribution is -0.156. The second-order valence-electron chi connectivity index (χ2n) is 8.64. The van der Waals surface area contributed by atoms with Crippen LogP contribution in [0.15, 0.2) is 12.2 Å². The van der Waals surface area contributed by atoms with E-state index in [1.165, 1.54) is 7.11 Å². The van der Waals surface area contributed by atoms with Gasteiger partial charge in [0.2, 0.25) is 0 Å². The lowest BCUT2D eigenvalue weighted by Crippen LogP contribution is -2.28. The first-order valence-electron chi connectivity index (χ1n) is 13.1. The highest BCUT2D eigenvalue weighted by atomic mass is 16.5. The predicted octanol–water partition coefficient (Wildman–Crippen LogP) is 6.56. The van der Waals surface area contributed by atoms with Crippen LogP contribution >= 0.6 is 0 Å². The van der Waals surface area contributed by atoms with Crippen molar-refractivity contribution in [3.8, 4) is 0 Å². The van der Waals surface area contributed by atoms with Crippen LogP contribution in [0.1, 0.15) is 111 Å². The Hall–Kier alpha value is -1.85. The van der Waals surface area contributed by atoms with Crippen LogP contribution in [0.2, 0.25) is 0 Å². The van der Waals surface area contributed by atoms with Crippen LogP contribution in [0.3, 0.4) is 0 Å². The lowest BCUT2D eigenvalue weighted by atomic mass is 9.86. The van der Waals surface area contributed by atoms with Crippen molar-refractivity contribution in [3.63, 3.8) is 0 Å². The van der Waals surface area contributed by atoms with Gasteiger partial charge >= 0.3 is 17.9 Å². The SMILES string of the molecule is CCCCCOC(=O)CC(C(=O)OCCCCC)C(C=CCCCCCCC(=O)OC)CC. The maximum atomic E-state index is 12.8. The second kappa shape index (κ2) is 22.0. The molecule has 0 aliphatic carbocycles. The predicted molar refractivity (Wildman–Crippen MR) is 132 cm³/mol. The number of methoxy groups -OCH3 is 1. The maximum absolute atomic E-state index is 12.8. The Labute approximate surface area is 201 Å². The molecule has 0 saturated heterocycles. The summed E-state index contributed by atoms with van der Waals surface area (Å²) in [4.78, 5) is 36.3. The van der Waals surface area contributed by atoms with E-state index in [1.807, 2.05) is 6.92 Å². The summed E-state index contributed by atoms with van der Waals surface area (Å²) in [5.41, 5.74) is 0. The van der Waals surface area contributed by atoms with E-state index >= 15 is 0 Å². The van der Waals surface area contributed by atoms with E-state index in [4.69, 9.17) is 9.47 Å². The number of rotatable bonds is 21. The summed E-state index contributed by atoms with van der Waals surface area (Å²) in [5, 5.41) is 0. The van der Waals surface area contributed by atoms with Gasteiger partial charge in [0, 0.05) is 6.42 Å². The van der Waals surface area contributed by atoms with E-state index in [-0.39, 0.29) is 30.2 Å². The molecule has 6 heteroatoms. The van der Waals surface area contributed by atoms with Gasteiger partial charge in [0.25, 0.3) is 0 Å². The molecule has 0 saturated carbocycles. The van der Waals surface area contributed by atoms with Gasteiger partial charge in [0.15, 0.2) is 0 Å². The zero-order chi connectivity index (χ0) is 24.7. The zero-order valence-electron chi connectivity index (χ0n) is 21.6. The van der Waals surface area contributed by atoms with Crippen molar-refractivity contribution in [2.45, 2.75) is 111 Å². The van der Waals surface area contributed by atoms with Gasteiger partial charge in [-0.3, -0.25) is 14.4 Å². The summed E-state index contributed by atoms with van der Waals surface area (Å²) in [5.74, 6) is -1.33. The molecule has 0 aromatic rings. The first kappa shape index (κ1) is 31.1. The van der Waals surface area contributed by atoms with Gasteiger partial charge in [0.1, 0.15) is 0 Å². The topological polar surface area (TPSA) is 78.9 Å². The van der Waals surface area contributed by atoms with E-state index in [0.717, 1.165) is 77.0 Å². The molecule has 0 aromatic heterocycles. The first-order valence-corrected chi connectivity index (χ1v) is 13.1. The van der Waals surface area contributed by atoms with Crippen LogP contribution in [-0.4, -0.2) is 38.2 Å². The summed E-state index contributed by atoms with van der Waals surface area (Å²) in [6, 6.07) is 0. The van der Waals surface area contributed by atoms with E-state index in [9.17, 15) is 14.4 Å². The van der Waals surface area contributed by atoms with E-state index in [0.29, 0.717) is 19.6 Å². The van der Waals surface area contributed by atoms with Gasteiger partial charge < -0.3 is 14.2 Å². The van der Waals surface area contributed by atoms with Crippen LogP contribution in [0, 0.1) is 11.8 Å². The average Bonchev–Trinajstić information content (AvgIpc) is 2.82. The third-order valence-corrected chi connectivity index (χ3v) is 5.79. The summed E-state index contributed by atoms with van der Waals surface area (Å²) in [6.45, 7) is 7.06. The quantitative estimate of drug-likeness (QED) is 0.0822. The molecule has 6 nitrogen and oxygen atoms in total. The zero-order valence-corrected chi connectivity index (χ0v) is 21.6. The molecular weight excluding hydrogens is 420 g/mol. The minimum atomic E-state index is -0.508. The highest BCUT2D eigenvalue weighted by Gasteiger charge is 2.30. The Morgan fingerprint density at radius 2 is 1.39 bits per heavy atom. The number of unbranched alkanes of at least 4 members (excludes halogenated alkanes) is 8. The van der Waals surface area contributed by atoms with E-state index in [1.54, 1.807) is 0 Å². The number of carbonyl (C=O) groups excluding carboxylic acids is 3. The molecule has 0 bridgehead atoms. The monoisotopic (exact) mass is 468 g/mol. The fourth-order valence-electron chi connectivity index (χ4n) is 3.63. The van der Waals surface area contributed by atoms with Gasteiger partial charge in [-0.2, -0.15) is 0 Å². The molecule has 0 aromatic carbocycles. The van der Waals surface area contributed by atoms with Gasteiger partial charge in [-0.25, -0.2) is 0 Å². The van der Waals surface area contributed by atoms with Crippen molar-refractivity contribution in [1.29, 1.82) is 0 Å². The molecule has 2 unspecified atom stereocenters. The van der Waals surface area contributed by atoms with Crippen molar-refractivity contribution >= 4 is 17.9 Å². The highest BCUT2D eigenvalue weighted by Crippen LogP contribution is 2.24. The molecule has 0 N–H and O–H groups in total. The molecule has 0 spiro atoms. The number of carbonyl (C=O) groups is 3. The molecule has 2 atom stereocenters. The van der Waals surface area contributed by atoms with Crippen LogP contribution in [0.25, 0.3) is 0 Å². The van der Waals surface area contributed by atoms with Crippen LogP contribution in [-0.2, 0) is 28.6 Å². The highest BCUT2D eigenvalue weighted by molar-refractivity contribution is 5.80. The Balaban J connectivity index is 4.70. The van der Waals surface area contributed by atoms with Crippen molar-refractivity contribution in [2.24, 2.45) is 11.8 Å². The fourth-order valence-corrected chi connectivity index (χ4v) is 3.63.